The maximum Gasteiger partial charge on any atom is 0.248 e. The van der Waals surface area contributed by atoms with E-state index < -0.39 is 0 Å². The van der Waals surface area contributed by atoms with Crippen LogP contribution in [0.1, 0.15) is 44.2 Å². The third-order valence-corrected chi connectivity index (χ3v) is 5.49. The van der Waals surface area contributed by atoms with Crippen LogP contribution >= 0.6 is 0 Å². The monoisotopic (exact) mass is 317 g/mol. The normalized spacial score (nSPS) is 23.3. The van der Waals surface area contributed by atoms with Gasteiger partial charge in [0.2, 0.25) is 5.91 Å². The van der Waals surface area contributed by atoms with Crippen molar-refractivity contribution in [3.8, 4) is 0 Å². The van der Waals surface area contributed by atoms with E-state index in [1.54, 1.807) is 6.20 Å². The van der Waals surface area contributed by atoms with Gasteiger partial charge in [0.1, 0.15) is 6.61 Å². The SMILES string of the molecule is NCC1(C2CCCCN2C(=O)COCc2ccccn2)CCC1. The number of nitrogens with two attached hydrogens (primary N) is 1. The van der Waals surface area contributed by atoms with Crippen LogP contribution in [0.15, 0.2) is 24.4 Å². The predicted octanol–water partition coefficient (Wildman–Crippen LogP) is 2.11. The highest BCUT2D eigenvalue weighted by Gasteiger charge is 2.47. The third kappa shape index (κ3) is 3.56. The van der Waals surface area contributed by atoms with Crippen LogP contribution in [0, 0.1) is 5.41 Å². The van der Waals surface area contributed by atoms with Gasteiger partial charge in [-0.05, 0) is 50.8 Å². The fraction of sp³-hybridized carbons (Fsp3) is 0.667. The molecule has 3 rings (SSSR count). The second kappa shape index (κ2) is 7.41. The summed E-state index contributed by atoms with van der Waals surface area (Å²) in [5.74, 6) is 0.102. The Kier molecular flexibility index (Phi) is 5.28. The van der Waals surface area contributed by atoms with Crippen molar-refractivity contribution in [1.29, 1.82) is 0 Å². The quantitative estimate of drug-likeness (QED) is 0.872. The molecule has 1 aliphatic carbocycles. The van der Waals surface area contributed by atoms with E-state index >= 15 is 0 Å². The molecule has 126 valence electrons. The summed E-state index contributed by atoms with van der Waals surface area (Å²) < 4.78 is 5.60. The van der Waals surface area contributed by atoms with Crippen LogP contribution in [-0.2, 0) is 16.1 Å². The molecule has 2 fully saturated rings. The fourth-order valence-electron chi connectivity index (χ4n) is 3.98. The van der Waals surface area contributed by atoms with Gasteiger partial charge in [0.15, 0.2) is 0 Å². The van der Waals surface area contributed by atoms with Crippen molar-refractivity contribution >= 4 is 5.91 Å². The maximum absolute atomic E-state index is 12.6. The van der Waals surface area contributed by atoms with E-state index in [9.17, 15) is 4.79 Å². The minimum absolute atomic E-state index is 0.102. The lowest BCUT2D eigenvalue weighted by molar-refractivity contribution is -0.146. The summed E-state index contributed by atoms with van der Waals surface area (Å²) in [5.41, 5.74) is 7.08. The first-order chi connectivity index (χ1) is 11.2. The molecule has 5 heteroatoms. The number of hydrogen-bond donors (Lipinski definition) is 1. The first kappa shape index (κ1) is 16.4. The van der Waals surface area contributed by atoms with E-state index in [2.05, 4.69) is 4.98 Å². The minimum Gasteiger partial charge on any atom is -0.365 e. The van der Waals surface area contributed by atoms with Gasteiger partial charge < -0.3 is 15.4 Å². The standard InChI is InChI=1S/C18H27N3O2/c19-14-18(8-5-9-18)16-7-2-4-11-21(16)17(22)13-23-12-15-6-1-3-10-20-15/h1,3,6,10,16H,2,4-5,7-9,11-14,19H2. The lowest BCUT2D eigenvalue weighted by Crippen LogP contribution is -2.58. The zero-order valence-corrected chi connectivity index (χ0v) is 13.7. The van der Waals surface area contributed by atoms with Crippen LogP contribution in [0.2, 0.25) is 0 Å². The Bertz CT molecular complexity index is 511. The zero-order chi connectivity index (χ0) is 16.1. The van der Waals surface area contributed by atoms with Crippen LogP contribution in [-0.4, -0.2) is 41.5 Å². The fourth-order valence-corrected chi connectivity index (χ4v) is 3.98. The van der Waals surface area contributed by atoms with Crippen molar-refractivity contribution in [2.45, 2.75) is 51.2 Å². The molecule has 1 saturated heterocycles. The van der Waals surface area contributed by atoms with E-state index in [-0.39, 0.29) is 17.9 Å². The van der Waals surface area contributed by atoms with Gasteiger partial charge >= 0.3 is 0 Å². The zero-order valence-electron chi connectivity index (χ0n) is 13.7. The minimum atomic E-state index is 0.102. The molecule has 2 N–H and O–H groups in total. The van der Waals surface area contributed by atoms with Crippen molar-refractivity contribution < 1.29 is 9.53 Å². The molecule has 1 aromatic rings. The first-order valence-corrected chi connectivity index (χ1v) is 8.72. The number of carbonyl (C=O) groups excluding carboxylic acids is 1. The van der Waals surface area contributed by atoms with Crippen molar-refractivity contribution in [2.75, 3.05) is 19.7 Å². The van der Waals surface area contributed by atoms with E-state index in [0.717, 1.165) is 37.9 Å². The molecule has 1 aromatic heterocycles. The molecule has 0 bridgehead atoms. The van der Waals surface area contributed by atoms with E-state index in [1.165, 1.54) is 12.8 Å². The van der Waals surface area contributed by atoms with Crippen LogP contribution in [0.5, 0.6) is 0 Å². The Morgan fingerprint density at radius 3 is 2.87 bits per heavy atom. The number of nitrogens with zero attached hydrogens (tertiary/aromatic N) is 2. The largest absolute Gasteiger partial charge is 0.365 e. The van der Waals surface area contributed by atoms with Gasteiger partial charge in [-0.3, -0.25) is 9.78 Å². The molecule has 1 aliphatic heterocycles. The molecule has 1 unspecified atom stereocenters. The number of amides is 1. The van der Waals surface area contributed by atoms with Crippen molar-refractivity contribution in [3.05, 3.63) is 30.1 Å². The summed E-state index contributed by atoms with van der Waals surface area (Å²) in [4.78, 5) is 18.9. The lowest BCUT2D eigenvalue weighted by atomic mass is 9.62. The van der Waals surface area contributed by atoms with Crippen molar-refractivity contribution in [1.82, 2.24) is 9.88 Å². The molecule has 2 heterocycles. The number of ether oxygens (including phenoxy) is 1. The summed E-state index contributed by atoms with van der Waals surface area (Å²) in [5, 5.41) is 0. The number of aromatic nitrogens is 1. The van der Waals surface area contributed by atoms with Gasteiger partial charge in [0.05, 0.1) is 12.3 Å². The van der Waals surface area contributed by atoms with Gasteiger partial charge in [-0.2, -0.15) is 0 Å². The second-order valence-corrected chi connectivity index (χ2v) is 6.83. The summed E-state index contributed by atoms with van der Waals surface area (Å²) >= 11 is 0. The summed E-state index contributed by atoms with van der Waals surface area (Å²) in [7, 11) is 0. The van der Waals surface area contributed by atoms with Crippen LogP contribution in [0.4, 0.5) is 0 Å². The molecular formula is C18H27N3O2. The smallest absolute Gasteiger partial charge is 0.248 e. The van der Waals surface area contributed by atoms with Crippen molar-refractivity contribution in [2.24, 2.45) is 11.1 Å². The molecule has 1 amide bonds. The van der Waals surface area contributed by atoms with E-state index in [4.69, 9.17) is 10.5 Å². The van der Waals surface area contributed by atoms with Crippen LogP contribution < -0.4 is 5.73 Å². The van der Waals surface area contributed by atoms with Gasteiger partial charge in [-0.25, -0.2) is 0 Å². The Balaban J connectivity index is 1.56. The highest BCUT2D eigenvalue weighted by atomic mass is 16.5. The number of piperidine rings is 1. The summed E-state index contributed by atoms with van der Waals surface area (Å²) in [6.45, 7) is 2.05. The Morgan fingerprint density at radius 2 is 2.22 bits per heavy atom. The Hall–Kier alpha value is -1.46. The molecule has 0 radical (unpaired) electrons. The average Bonchev–Trinajstić information content (AvgIpc) is 2.56. The second-order valence-electron chi connectivity index (χ2n) is 6.83. The Morgan fingerprint density at radius 1 is 1.35 bits per heavy atom. The van der Waals surface area contributed by atoms with Crippen molar-refractivity contribution in [3.63, 3.8) is 0 Å². The third-order valence-electron chi connectivity index (χ3n) is 5.49. The van der Waals surface area contributed by atoms with E-state index in [1.807, 2.05) is 23.1 Å². The molecule has 2 aliphatic rings. The number of rotatable bonds is 6. The molecule has 0 spiro atoms. The van der Waals surface area contributed by atoms with Crippen LogP contribution in [0.3, 0.4) is 0 Å². The van der Waals surface area contributed by atoms with Gasteiger partial charge in [-0.15, -0.1) is 0 Å². The summed E-state index contributed by atoms with van der Waals surface area (Å²) in [6.07, 6.45) is 8.67. The van der Waals surface area contributed by atoms with Gasteiger partial charge in [-0.1, -0.05) is 12.5 Å². The molecule has 23 heavy (non-hydrogen) atoms. The lowest BCUT2D eigenvalue weighted by Gasteiger charge is -2.53. The van der Waals surface area contributed by atoms with Gasteiger partial charge in [0, 0.05) is 24.2 Å². The number of pyridine rings is 1. The topological polar surface area (TPSA) is 68.5 Å². The highest BCUT2D eigenvalue weighted by molar-refractivity contribution is 5.78. The van der Waals surface area contributed by atoms with Crippen LogP contribution in [0.25, 0.3) is 0 Å². The molecule has 0 aromatic carbocycles. The average molecular weight is 317 g/mol. The molecule has 1 atom stereocenters. The number of carbonyl (C=O) groups is 1. The molecule has 5 nitrogen and oxygen atoms in total. The predicted molar refractivity (Wildman–Crippen MR) is 88.6 cm³/mol. The summed E-state index contributed by atoms with van der Waals surface area (Å²) in [6, 6.07) is 6.01. The Labute approximate surface area is 138 Å². The van der Waals surface area contributed by atoms with E-state index in [0.29, 0.717) is 19.2 Å². The first-order valence-electron chi connectivity index (χ1n) is 8.72. The molecular weight excluding hydrogens is 290 g/mol. The maximum atomic E-state index is 12.6. The molecule has 1 saturated carbocycles. The highest BCUT2D eigenvalue weighted by Crippen LogP contribution is 2.47. The van der Waals surface area contributed by atoms with Gasteiger partial charge in [0.25, 0.3) is 0 Å². The number of hydrogen-bond acceptors (Lipinski definition) is 4. The number of likely N-dealkylation sites (tertiary alicyclic amines) is 1.